The maximum atomic E-state index is 14.4. The van der Waals surface area contributed by atoms with Crippen molar-refractivity contribution >= 4 is 24.1 Å². The largest absolute Gasteiger partial charge is 0.494 e. The van der Waals surface area contributed by atoms with E-state index >= 15 is 0 Å². The van der Waals surface area contributed by atoms with E-state index in [2.05, 4.69) is 0 Å². The van der Waals surface area contributed by atoms with E-state index in [4.69, 9.17) is 29.2 Å². The van der Waals surface area contributed by atoms with Crippen molar-refractivity contribution in [3.8, 4) is 23.0 Å². The van der Waals surface area contributed by atoms with Crippen molar-refractivity contribution in [2.45, 2.75) is 57.2 Å². The van der Waals surface area contributed by atoms with Crippen LogP contribution in [0.1, 0.15) is 67.2 Å². The zero-order chi connectivity index (χ0) is 41.5. The number of rotatable bonds is 23. The van der Waals surface area contributed by atoms with Crippen LogP contribution in [0.25, 0.3) is 12.2 Å². The lowest BCUT2D eigenvalue weighted by Crippen LogP contribution is -2.21. The molecule has 0 aromatic heterocycles. The number of hydrogen-bond acceptors (Lipinski definition) is 6. The van der Waals surface area contributed by atoms with Gasteiger partial charge in [-0.3, -0.25) is 8.78 Å². The van der Waals surface area contributed by atoms with E-state index < -0.39 is 24.2 Å². The summed E-state index contributed by atoms with van der Waals surface area (Å²) in [4.78, 5) is 21.0. The number of hydrogen-bond donors (Lipinski definition) is 2. The van der Waals surface area contributed by atoms with Crippen LogP contribution in [0.3, 0.4) is 0 Å². The summed E-state index contributed by atoms with van der Waals surface area (Å²) in [6.45, 7) is 0.173. The molecule has 0 heterocycles. The molecule has 306 valence electrons. The molecule has 0 bridgehead atoms. The van der Waals surface area contributed by atoms with Gasteiger partial charge in [-0.15, -0.1) is 0 Å². The van der Waals surface area contributed by atoms with Gasteiger partial charge in [0.1, 0.15) is 23.0 Å². The van der Waals surface area contributed by atoms with Gasteiger partial charge in [-0.1, -0.05) is 30.7 Å². The third kappa shape index (κ3) is 17.6. The zero-order valence-electron chi connectivity index (χ0n) is 30.9. The van der Waals surface area contributed by atoms with Crippen molar-refractivity contribution in [3.05, 3.63) is 131 Å². The van der Waals surface area contributed by atoms with Gasteiger partial charge in [0.25, 0.3) is 0 Å². The van der Waals surface area contributed by atoms with Gasteiger partial charge in [0.05, 0.1) is 37.7 Å². The standard InChI is InChI=1S/C22H23F3O4.C21H21F3O4/c23-15-3-1-2-4-16-28-19-12-8-18(9-13-19)22(24,25)29-20-10-5-17(6-11-20)7-14-21(26)27;22-14-2-1-3-15-27-18-11-7-17(8-12-18)21(23,24)28-19-9-4-16(5-10-19)6-13-20(25)26/h5-14H,1-4,15-16H2,(H,26,27);4-13H,1-3,14-15H2,(H,25,26)/b14-7+;13-6+. The highest BCUT2D eigenvalue weighted by molar-refractivity contribution is 5.85. The molecule has 4 rings (SSSR count). The summed E-state index contributed by atoms with van der Waals surface area (Å²) < 4.78 is 102. The number of carbonyl (C=O) groups is 2. The van der Waals surface area contributed by atoms with E-state index in [0.717, 1.165) is 31.4 Å². The molecule has 4 aromatic rings. The Hall–Kier alpha value is -5.92. The average Bonchev–Trinajstić information content (AvgIpc) is 3.19. The molecule has 0 fully saturated rings. The molecule has 0 unspecified atom stereocenters. The average molecular weight is 803 g/mol. The molecule has 0 saturated carbocycles. The lowest BCUT2D eigenvalue weighted by Gasteiger charge is -2.18. The van der Waals surface area contributed by atoms with Gasteiger partial charge in [-0.05, 0) is 135 Å². The SMILES string of the molecule is O=C(O)/C=C/c1ccc(OC(F)(F)c2ccc(OCCCCCCF)cc2)cc1.O=C(O)/C=C/c1ccc(OC(F)(F)c2ccc(OCCCCCF)cc2)cc1. The van der Waals surface area contributed by atoms with E-state index in [1.54, 1.807) is 0 Å². The Bertz CT molecular complexity index is 1830. The second-order valence-corrected chi connectivity index (χ2v) is 12.3. The fourth-order valence-electron chi connectivity index (χ4n) is 4.84. The van der Waals surface area contributed by atoms with E-state index in [-0.39, 0.29) is 36.0 Å². The van der Waals surface area contributed by atoms with E-state index in [0.29, 0.717) is 61.5 Å². The first-order valence-corrected chi connectivity index (χ1v) is 18.1. The predicted molar refractivity (Wildman–Crippen MR) is 203 cm³/mol. The molecule has 14 heteroatoms. The molecule has 2 N–H and O–H groups in total. The Morgan fingerprint density at radius 2 is 0.789 bits per heavy atom. The monoisotopic (exact) mass is 802 g/mol. The van der Waals surface area contributed by atoms with Crippen LogP contribution in [0.15, 0.2) is 109 Å². The Kier molecular flexibility index (Phi) is 19.0. The van der Waals surface area contributed by atoms with Gasteiger partial charge < -0.3 is 29.2 Å². The molecule has 0 aliphatic rings. The van der Waals surface area contributed by atoms with Crippen molar-refractivity contribution < 1.29 is 65.1 Å². The van der Waals surface area contributed by atoms with E-state index in [1.165, 1.54) is 109 Å². The minimum absolute atomic E-state index is 0.0453. The van der Waals surface area contributed by atoms with Gasteiger partial charge in [0.15, 0.2) is 0 Å². The van der Waals surface area contributed by atoms with Crippen LogP contribution in [-0.2, 0) is 21.8 Å². The number of aliphatic carboxylic acids is 2. The molecular formula is C43H44F6O8. The second kappa shape index (κ2) is 23.9. The summed E-state index contributed by atoms with van der Waals surface area (Å²) in [5, 5.41) is 17.2. The molecule has 8 nitrogen and oxygen atoms in total. The summed E-state index contributed by atoms with van der Waals surface area (Å²) in [5.74, 6) is -1.36. The van der Waals surface area contributed by atoms with Crippen LogP contribution in [0.5, 0.6) is 23.0 Å². The number of unbranched alkanes of at least 4 members (excludes halogenated alkanes) is 5. The molecule has 0 amide bonds. The first-order valence-electron chi connectivity index (χ1n) is 18.1. The number of ether oxygens (including phenoxy) is 4. The van der Waals surface area contributed by atoms with Crippen LogP contribution < -0.4 is 18.9 Å². The van der Waals surface area contributed by atoms with Crippen LogP contribution in [-0.4, -0.2) is 48.7 Å². The molecule has 0 radical (unpaired) electrons. The summed E-state index contributed by atoms with van der Waals surface area (Å²) in [5.41, 5.74) is 0.454. The van der Waals surface area contributed by atoms with E-state index in [9.17, 15) is 35.9 Å². The summed E-state index contributed by atoms with van der Waals surface area (Å²) >= 11 is 0. The van der Waals surface area contributed by atoms with E-state index in [1.807, 2.05) is 0 Å². The number of halogens is 6. The van der Waals surface area contributed by atoms with Gasteiger partial charge in [-0.25, -0.2) is 9.59 Å². The molecule has 4 aromatic carbocycles. The normalized spacial score (nSPS) is 11.5. The molecule has 0 atom stereocenters. The fourth-order valence-corrected chi connectivity index (χ4v) is 4.84. The lowest BCUT2D eigenvalue weighted by molar-refractivity contribution is -0.186. The summed E-state index contributed by atoms with van der Waals surface area (Å²) in [6, 6.07) is 22.0. The first kappa shape index (κ1) is 45.5. The summed E-state index contributed by atoms with van der Waals surface area (Å²) in [7, 11) is 0. The van der Waals surface area contributed by atoms with Crippen molar-refractivity contribution in [1.29, 1.82) is 0 Å². The fraction of sp³-hybridized carbons (Fsp3) is 0.302. The molecule has 0 aliphatic carbocycles. The minimum atomic E-state index is -3.54. The molecular weight excluding hydrogens is 758 g/mol. The van der Waals surface area contributed by atoms with Crippen LogP contribution in [0.4, 0.5) is 26.3 Å². The molecule has 0 aliphatic heterocycles. The number of benzene rings is 4. The molecule has 0 saturated heterocycles. The minimum Gasteiger partial charge on any atom is -0.494 e. The quantitative estimate of drug-likeness (QED) is 0.0433. The lowest BCUT2D eigenvalue weighted by atomic mass is 10.2. The van der Waals surface area contributed by atoms with Crippen molar-refractivity contribution in [2.75, 3.05) is 26.6 Å². The highest BCUT2D eigenvalue weighted by atomic mass is 19.3. The Morgan fingerprint density at radius 3 is 1.12 bits per heavy atom. The smallest absolute Gasteiger partial charge is 0.426 e. The van der Waals surface area contributed by atoms with Gasteiger partial charge >= 0.3 is 24.2 Å². The Balaban J connectivity index is 0.000000306. The van der Waals surface area contributed by atoms with Crippen molar-refractivity contribution in [1.82, 2.24) is 0 Å². The maximum Gasteiger partial charge on any atom is 0.426 e. The number of carboxylic acid groups (broad SMARTS) is 2. The second-order valence-electron chi connectivity index (χ2n) is 12.3. The topological polar surface area (TPSA) is 112 Å². The zero-order valence-corrected chi connectivity index (χ0v) is 30.9. The number of carboxylic acids is 2. The van der Waals surface area contributed by atoms with Gasteiger partial charge in [0, 0.05) is 12.2 Å². The highest BCUT2D eigenvalue weighted by Gasteiger charge is 2.35. The predicted octanol–water partition coefficient (Wildman–Crippen LogP) is 11.3. The van der Waals surface area contributed by atoms with Crippen molar-refractivity contribution in [3.63, 3.8) is 0 Å². The Labute approximate surface area is 327 Å². The first-order chi connectivity index (χ1) is 27.3. The third-order valence-corrected chi connectivity index (χ3v) is 7.81. The maximum absolute atomic E-state index is 14.4. The highest BCUT2D eigenvalue weighted by Crippen LogP contribution is 2.34. The van der Waals surface area contributed by atoms with Gasteiger partial charge in [-0.2, -0.15) is 17.6 Å². The van der Waals surface area contributed by atoms with Crippen LogP contribution in [0, 0.1) is 0 Å². The van der Waals surface area contributed by atoms with Crippen LogP contribution in [0.2, 0.25) is 0 Å². The molecule has 57 heavy (non-hydrogen) atoms. The Morgan fingerprint density at radius 1 is 0.474 bits per heavy atom. The van der Waals surface area contributed by atoms with Crippen LogP contribution >= 0.6 is 0 Å². The molecule has 0 spiro atoms. The summed E-state index contributed by atoms with van der Waals surface area (Å²) in [6.07, 6.45) is 2.41. The number of alkyl halides is 6. The van der Waals surface area contributed by atoms with Gasteiger partial charge in [0.2, 0.25) is 0 Å². The van der Waals surface area contributed by atoms with Crippen molar-refractivity contribution in [2.24, 2.45) is 0 Å². The third-order valence-electron chi connectivity index (χ3n) is 7.81.